The minimum Gasteiger partial charge on any atom is -0.314 e. The van der Waals surface area contributed by atoms with Crippen LogP contribution in [0.1, 0.15) is 172 Å². The maximum Gasteiger partial charge on any atom is 0.135 e. The number of rotatable bonds is 12. The number of carbonyl (C=O) groups excluding carboxylic acids is 1. The third-order valence-electron chi connectivity index (χ3n) is 11.9. The summed E-state index contributed by atoms with van der Waals surface area (Å²) in [5.41, 5.74) is 2.85. The summed E-state index contributed by atoms with van der Waals surface area (Å²) in [6.07, 6.45) is 23.8. The lowest BCUT2D eigenvalue weighted by Gasteiger charge is -2.58. The quantitative estimate of drug-likeness (QED) is 0.186. The monoisotopic (exact) mass is 572 g/mol. The van der Waals surface area contributed by atoms with Gasteiger partial charge in [0, 0.05) is 18.4 Å². The first kappa shape index (κ1) is 36.6. The summed E-state index contributed by atoms with van der Waals surface area (Å²) in [6.45, 7) is 23.6. The number of carbonyl (C=O) groups is 1. The zero-order chi connectivity index (χ0) is 30.6. The highest BCUT2D eigenvalue weighted by Crippen LogP contribution is 2.66. The molecule has 41 heavy (non-hydrogen) atoms. The SMILES string of the molecule is CC.CCC.CCCC(=O)C(C)CCNC1CCC2(C)C(=CCC3C2CCC2(C)C(CCCCC(C)C)CCC32)C1. The van der Waals surface area contributed by atoms with Gasteiger partial charge in [-0.15, -0.1) is 0 Å². The first-order chi connectivity index (χ1) is 19.6. The van der Waals surface area contributed by atoms with Gasteiger partial charge in [-0.25, -0.2) is 0 Å². The molecule has 0 aliphatic heterocycles. The zero-order valence-electron chi connectivity index (χ0n) is 29.5. The van der Waals surface area contributed by atoms with Gasteiger partial charge in [0.15, 0.2) is 0 Å². The van der Waals surface area contributed by atoms with E-state index in [1.54, 1.807) is 5.57 Å². The van der Waals surface area contributed by atoms with E-state index in [0.29, 0.717) is 22.7 Å². The number of allylic oxidation sites excluding steroid dienone is 1. The molecule has 0 aromatic heterocycles. The van der Waals surface area contributed by atoms with Gasteiger partial charge < -0.3 is 5.32 Å². The van der Waals surface area contributed by atoms with Crippen LogP contribution in [0, 0.1) is 46.3 Å². The van der Waals surface area contributed by atoms with Crippen LogP contribution in [0.5, 0.6) is 0 Å². The third kappa shape index (κ3) is 9.18. The maximum absolute atomic E-state index is 12.2. The number of Topliss-reactive ketones (excluding diaryl/α,β-unsaturated/α-hetero) is 1. The van der Waals surface area contributed by atoms with E-state index in [1.165, 1.54) is 83.5 Å². The van der Waals surface area contributed by atoms with Crippen molar-refractivity contribution in [3.8, 4) is 0 Å². The lowest BCUT2D eigenvalue weighted by molar-refractivity contribution is -0.122. The molecule has 0 amide bonds. The number of ketones is 1. The molecule has 0 heterocycles. The van der Waals surface area contributed by atoms with E-state index in [1.807, 2.05) is 13.8 Å². The standard InChI is InChI=1S/C34H59NO.C3H8.C2H6/c1-7-10-32(36)25(4)19-22-35-28-17-20-34(6)27(23-28)13-15-29-30-16-14-26(12-9-8-11-24(2)3)33(30,5)21-18-31(29)34;1-3-2;1-2/h13,24-26,28-31,35H,7-12,14-23H2,1-6H3;3H2,1-2H3;1-2H3. The summed E-state index contributed by atoms with van der Waals surface area (Å²) in [6, 6.07) is 0.616. The predicted octanol–water partition coefficient (Wildman–Crippen LogP) is 11.6. The number of hydrogen-bond donors (Lipinski definition) is 1. The predicted molar refractivity (Wildman–Crippen MR) is 181 cm³/mol. The molecule has 0 spiro atoms. The second-order valence-corrected chi connectivity index (χ2v) is 15.3. The Balaban J connectivity index is 0.00000110. The van der Waals surface area contributed by atoms with Crippen LogP contribution in [0.4, 0.5) is 0 Å². The molecule has 0 aromatic rings. The Kier molecular flexibility index (Phi) is 15.7. The fourth-order valence-corrected chi connectivity index (χ4v) is 9.52. The van der Waals surface area contributed by atoms with Crippen molar-refractivity contribution in [2.24, 2.45) is 46.3 Å². The van der Waals surface area contributed by atoms with Crippen LogP contribution < -0.4 is 5.32 Å². The topological polar surface area (TPSA) is 29.1 Å². The summed E-state index contributed by atoms with van der Waals surface area (Å²) in [4.78, 5) is 12.2. The second kappa shape index (κ2) is 17.6. The van der Waals surface area contributed by atoms with Crippen LogP contribution >= 0.6 is 0 Å². The molecule has 8 unspecified atom stereocenters. The van der Waals surface area contributed by atoms with Crippen LogP contribution in [0.3, 0.4) is 0 Å². The van der Waals surface area contributed by atoms with E-state index in [-0.39, 0.29) is 5.92 Å². The van der Waals surface area contributed by atoms with Crippen molar-refractivity contribution in [1.82, 2.24) is 5.32 Å². The van der Waals surface area contributed by atoms with Gasteiger partial charge in [0.2, 0.25) is 0 Å². The Hall–Kier alpha value is -0.630. The van der Waals surface area contributed by atoms with Crippen molar-refractivity contribution < 1.29 is 4.79 Å². The molecule has 1 N–H and O–H groups in total. The van der Waals surface area contributed by atoms with Gasteiger partial charge in [-0.1, -0.05) is 107 Å². The van der Waals surface area contributed by atoms with Crippen molar-refractivity contribution in [2.45, 2.75) is 178 Å². The van der Waals surface area contributed by atoms with Gasteiger partial charge in [-0.05, 0) is 118 Å². The van der Waals surface area contributed by atoms with E-state index in [4.69, 9.17) is 0 Å². The van der Waals surface area contributed by atoms with Gasteiger partial charge in [0.1, 0.15) is 5.78 Å². The van der Waals surface area contributed by atoms with E-state index >= 15 is 0 Å². The van der Waals surface area contributed by atoms with Gasteiger partial charge >= 0.3 is 0 Å². The summed E-state index contributed by atoms with van der Waals surface area (Å²) >= 11 is 0. The summed E-state index contributed by atoms with van der Waals surface area (Å²) < 4.78 is 0. The van der Waals surface area contributed by atoms with Crippen molar-refractivity contribution in [3.05, 3.63) is 11.6 Å². The van der Waals surface area contributed by atoms with Crippen molar-refractivity contribution >= 4 is 5.78 Å². The largest absolute Gasteiger partial charge is 0.314 e. The highest BCUT2D eigenvalue weighted by molar-refractivity contribution is 5.80. The van der Waals surface area contributed by atoms with Crippen molar-refractivity contribution in [2.75, 3.05) is 6.54 Å². The van der Waals surface area contributed by atoms with Crippen LogP contribution in [0.25, 0.3) is 0 Å². The first-order valence-electron chi connectivity index (χ1n) is 18.6. The summed E-state index contributed by atoms with van der Waals surface area (Å²) in [5, 5.41) is 3.86. The van der Waals surface area contributed by atoms with Gasteiger partial charge in [0.25, 0.3) is 0 Å². The van der Waals surface area contributed by atoms with Gasteiger partial charge in [-0.3, -0.25) is 4.79 Å². The molecule has 0 radical (unpaired) electrons. The molecular formula is C39H73NO. The maximum atomic E-state index is 12.2. The van der Waals surface area contributed by atoms with Gasteiger partial charge in [-0.2, -0.15) is 0 Å². The normalized spacial score (nSPS) is 34.6. The molecule has 4 aliphatic rings. The summed E-state index contributed by atoms with van der Waals surface area (Å²) in [7, 11) is 0. The van der Waals surface area contributed by atoms with Crippen molar-refractivity contribution in [1.29, 1.82) is 0 Å². The average molecular weight is 572 g/mol. The zero-order valence-corrected chi connectivity index (χ0v) is 29.5. The number of unbranched alkanes of at least 4 members (excludes halogenated alkanes) is 1. The van der Waals surface area contributed by atoms with E-state index in [2.05, 4.69) is 66.8 Å². The van der Waals surface area contributed by atoms with Crippen LogP contribution in [0.15, 0.2) is 11.6 Å². The summed E-state index contributed by atoms with van der Waals surface area (Å²) in [5.74, 6) is 5.34. The highest BCUT2D eigenvalue weighted by atomic mass is 16.1. The lowest BCUT2D eigenvalue weighted by atomic mass is 9.47. The highest BCUT2D eigenvalue weighted by Gasteiger charge is 2.58. The smallest absolute Gasteiger partial charge is 0.135 e. The Labute approximate surface area is 258 Å². The number of hydrogen-bond acceptors (Lipinski definition) is 2. The fraction of sp³-hybridized carbons (Fsp3) is 0.923. The average Bonchev–Trinajstić information content (AvgIpc) is 3.29. The second-order valence-electron chi connectivity index (χ2n) is 15.3. The molecule has 4 rings (SSSR count). The van der Waals surface area contributed by atoms with E-state index in [0.717, 1.165) is 55.4 Å². The third-order valence-corrected chi connectivity index (χ3v) is 11.9. The van der Waals surface area contributed by atoms with Crippen LogP contribution in [0.2, 0.25) is 0 Å². The van der Waals surface area contributed by atoms with E-state index in [9.17, 15) is 4.79 Å². The molecule has 4 aliphatic carbocycles. The molecule has 240 valence electrons. The van der Waals surface area contributed by atoms with E-state index < -0.39 is 0 Å². The molecule has 2 heteroatoms. The van der Waals surface area contributed by atoms with Crippen molar-refractivity contribution in [3.63, 3.8) is 0 Å². The molecule has 2 nitrogen and oxygen atoms in total. The Morgan fingerprint density at radius 3 is 2.32 bits per heavy atom. The Morgan fingerprint density at radius 2 is 1.66 bits per heavy atom. The Bertz CT molecular complexity index is 784. The molecule has 0 bridgehead atoms. The molecule has 0 aromatic carbocycles. The number of nitrogens with one attached hydrogen (secondary N) is 1. The minimum atomic E-state index is 0.211. The molecule has 3 saturated carbocycles. The van der Waals surface area contributed by atoms with Crippen LogP contribution in [-0.2, 0) is 4.79 Å². The molecule has 0 saturated heterocycles. The van der Waals surface area contributed by atoms with Gasteiger partial charge in [0.05, 0.1) is 0 Å². The molecular weight excluding hydrogens is 498 g/mol. The lowest BCUT2D eigenvalue weighted by Crippen LogP contribution is -2.51. The number of fused-ring (bicyclic) bond motifs is 5. The molecule has 8 atom stereocenters. The van der Waals surface area contributed by atoms with Crippen LogP contribution in [-0.4, -0.2) is 18.4 Å². The fourth-order valence-electron chi connectivity index (χ4n) is 9.52. The first-order valence-corrected chi connectivity index (χ1v) is 18.6. The molecule has 3 fully saturated rings. The minimum absolute atomic E-state index is 0.211. The Morgan fingerprint density at radius 1 is 0.951 bits per heavy atom.